The monoisotopic (exact) mass is 1600 g/mol. The van der Waals surface area contributed by atoms with Gasteiger partial charge in [0, 0.05) is 228 Å². The molecule has 3 unspecified atom stereocenters. The lowest BCUT2D eigenvalue weighted by atomic mass is 10.0. The number of aliphatic hydroxyl groups is 1. The van der Waals surface area contributed by atoms with E-state index < -0.39 is 12.1 Å². The maximum absolute atomic E-state index is 13.3. The first-order valence-corrected chi connectivity index (χ1v) is 42.2. The van der Waals surface area contributed by atoms with Crippen LogP contribution >= 0.6 is 0 Å². The highest BCUT2D eigenvalue weighted by Crippen LogP contribution is 2.37. The van der Waals surface area contributed by atoms with Crippen molar-refractivity contribution in [3.63, 3.8) is 0 Å². The molecule has 9 amide bonds. The van der Waals surface area contributed by atoms with E-state index in [4.69, 9.17) is 5.73 Å². The molecule has 632 valence electrons. The smallest absolute Gasteiger partial charge is 0.254 e. The number of nitrogens with zero attached hydrogens (tertiary/aromatic N) is 13. The molecule has 5 fully saturated rings. The van der Waals surface area contributed by atoms with Gasteiger partial charge in [-0.05, 0) is 191 Å². The summed E-state index contributed by atoms with van der Waals surface area (Å²) in [7, 11) is 0. The van der Waals surface area contributed by atoms with Crippen LogP contribution in [0.2, 0.25) is 0 Å². The largest absolute Gasteiger partial charge is 0.384 e. The Hall–Kier alpha value is -9.24. The molecule has 117 heavy (non-hydrogen) atoms. The lowest BCUT2D eigenvalue weighted by Gasteiger charge is -2.37. The van der Waals surface area contributed by atoms with Crippen LogP contribution in [0.3, 0.4) is 0 Å². The van der Waals surface area contributed by atoms with Gasteiger partial charge >= 0.3 is 0 Å². The molecule has 14 rings (SSSR count). The first kappa shape index (κ1) is 88.6. The van der Waals surface area contributed by atoms with Gasteiger partial charge in [0.15, 0.2) is 0 Å². The summed E-state index contributed by atoms with van der Waals surface area (Å²) in [5.41, 5.74) is 20.2. The Balaban J connectivity index is 0.000000154. The Kier molecular flexibility index (Phi) is 28.3. The van der Waals surface area contributed by atoms with E-state index in [9.17, 15) is 53.1 Å². The standard InChI is InChI=1S/C26H34N4O2.C24H34N4O3.C22H31N3O3.C20H29N3O3/c1-26(2,3)30-17-20-10-7-11-21(22(20)18-30)24(31)28-12-14-29(15-13-28)25(32)23(27)16-19-8-5-4-6-9-19;1-17(29)28-10-6-9-21(28)23(31)26-13-11-25(12-14-26)22(30)19-8-5-7-18-15-27(16-20(18)19)24(2,3)4;1-16(26)8-9-20(27)23-10-12-24(13-11-23)21(28)18-7-5-6-17-14-25(15-19(17)18)22(2,3)4;1-14(24)18(25)21-8-10-22(11-9-21)19(26)16-7-5-6-15-12-23(13-17(15)16)20(2,3)4/h4-11,23H,12-18,27H2,1-3H3;5,7-8,21H,6,9-16H2,1-4H3;5-7H,8-15H2,1-4H3;5-7,14,24H,8-13H2,1-4H3. The van der Waals surface area contributed by atoms with Crippen molar-refractivity contribution in [3.05, 3.63) is 175 Å². The molecule has 5 saturated heterocycles. The number of piperazine rings is 4. The van der Waals surface area contributed by atoms with E-state index in [1.807, 2.05) is 103 Å². The summed E-state index contributed by atoms with van der Waals surface area (Å²) in [6.45, 7) is 46.6. The van der Waals surface area contributed by atoms with Gasteiger partial charge in [-0.3, -0.25) is 62.8 Å². The van der Waals surface area contributed by atoms with Gasteiger partial charge < -0.3 is 59.7 Å². The van der Waals surface area contributed by atoms with Crippen molar-refractivity contribution in [2.45, 2.75) is 229 Å². The third kappa shape index (κ3) is 21.4. The van der Waals surface area contributed by atoms with Crippen molar-refractivity contribution in [3.8, 4) is 0 Å². The van der Waals surface area contributed by atoms with Gasteiger partial charge in [-0.1, -0.05) is 78.9 Å². The molecule has 3 N–H and O–H groups in total. The first-order chi connectivity index (χ1) is 55.2. The van der Waals surface area contributed by atoms with Crippen LogP contribution in [-0.2, 0) is 87.5 Å². The molecule has 9 aliphatic heterocycles. The van der Waals surface area contributed by atoms with E-state index in [2.05, 4.69) is 127 Å². The summed E-state index contributed by atoms with van der Waals surface area (Å²) < 4.78 is 0. The number of fused-ring (bicyclic) bond motifs is 4. The van der Waals surface area contributed by atoms with Gasteiger partial charge in [0.25, 0.3) is 29.5 Å². The number of hydrogen-bond donors (Lipinski definition) is 2. The van der Waals surface area contributed by atoms with Gasteiger partial charge in [-0.25, -0.2) is 0 Å². The predicted octanol–water partition coefficient (Wildman–Crippen LogP) is 8.67. The van der Waals surface area contributed by atoms with Crippen LogP contribution in [0.25, 0.3) is 0 Å². The molecule has 9 heterocycles. The zero-order valence-electron chi connectivity index (χ0n) is 72.2. The molecule has 3 atom stereocenters. The normalized spacial score (nSPS) is 19.3. The maximum atomic E-state index is 13.3. The van der Waals surface area contributed by atoms with Crippen LogP contribution in [0.15, 0.2) is 103 Å². The van der Waals surface area contributed by atoms with Crippen LogP contribution in [0.4, 0.5) is 0 Å². The third-order valence-electron chi connectivity index (χ3n) is 24.8. The van der Waals surface area contributed by atoms with E-state index in [0.717, 1.165) is 115 Å². The molecule has 5 aromatic rings. The molecule has 0 saturated carbocycles. The summed E-state index contributed by atoms with van der Waals surface area (Å²) in [5, 5.41) is 9.45. The number of carbonyl (C=O) groups is 10. The Labute approximate surface area is 693 Å². The number of hydrogen-bond acceptors (Lipinski definition) is 16. The number of aliphatic hydroxyl groups excluding tert-OH is 1. The third-order valence-corrected chi connectivity index (χ3v) is 24.8. The fraction of sp³-hybridized carbons (Fsp3) is 0.565. The number of ketones is 1. The summed E-state index contributed by atoms with van der Waals surface area (Å²) in [6, 6.07) is 33.1. The fourth-order valence-electron chi connectivity index (χ4n) is 17.1. The Bertz CT molecular complexity index is 4450. The van der Waals surface area contributed by atoms with Gasteiger partial charge in [-0.2, -0.15) is 0 Å². The summed E-state index contributed by atoms with van der Waals surface area (Å²) in [4.78, 5) is 151. The van der Waals surface area contributed by atoms with Crippen molar-refractivity contribution in [2.24, 2.45) is 5.73 Å². The fourth-order valence-corrected chi connectivity index (χ4v) is 17.1. The highest BCUT2D eigenvalue weighted by atomic mass is 16.3. The Morgan fingerprint density at radius 1 is 0.376 bits per heavy atom. The van der Waals surface area contributed by atoms with E-state index in [0.29, 0.717) is 124 Å². The number of Topliss-reactive ketones (excluding diaryl/α,β-unsaturated/α-hetero) is 1. The number of carbonyl (C=O) groups excluding carboxylic acids is 10. The van der Waals surface area contributed by atoms with E-state index in [-0.39, 0.29) is 93.6 Å². The van der Waals surface area contributed by atoms with Gasteiger partial charge in [0.2, 0.25) is 23.6 Å². The molecule has 0 radical (unpaired) electrons. The van der Waals surface area contributed by atoms with Gasteiger partial charge in [0.05, 0.1) is 6.04 Å². The molecule has 0 bridgehead atoms. The topological polar surface area (TPSA) is 259 Å². The number of rotatable bonds is 12. The minimum atomic E-state index is -0.988. The molecular weight excluding hydrogens is 1480 g/mol. The minimum absolute atomic E-state index is 0.00345. The van der Waals surface area contributed by atoms with Gasteiger partial charge in [0.1, 0.15) is 17.9 Å². The van der Waals surface area contributed by atoms with Crippen LogP contribution in [0.1, 0.15) is 221 Å². The summed E-state index contributed by atoms with van der Waals surface area (Å²) >= 11 is 0. The Morgan fingerprint density at radius 2 is 0.684 bits per heavy atom. The lowest BCUT2D eigenvalue weighted by molar-refractivity contribution is -0.143. The molecule has 0 aliphatic carbocycles. The van der Waals surface area contributed by atoms with E-state index >= 15 is 0 Å². The molecule has 9 aliphatic rings. The number of nitrogens with two attached hydrogens (primary N) is 1. The van der Waals surface area contributed by atoms with E-state index in [1.165, 1.54) is 43.0 Å². The van der Waals surface area contributed by atoms with Crippen LogP contribution in [0, 0.1) is 0 Å². The number of likely N-dealkylation sites (tertiary alicyclic amines) is 1. The molecule has 25 heteroatoms. The second kappa shape index (κ2) is 37.4. The quantitative estimate of drug-likeness (QED) is 0.118. The molecule has 25 nitrogen and oxygen atoms in total. The average molecular weight is 1610 g/mol. The van der Waals surface area contributed by atoms with Crippen molar-refractivity contribution in [1.82, 2.24) is 63.7 Å². The Morgan fingerprint density at radius 3 is 0.991 bits per heavy atom. The zero-order valence-corrected chi connectivity index (χ0v) is 72.2. The lowest BCUT2D eigenvalue weighted by Crippen LogP contribution is -2.55. The molecule has 0 aromatic heterocycles. The predicted molar refractivity (Wildman–Crippen MR) is 452 cm³/mol. The maximum Gasteiger partial charge on any atom is 0.254 e. The average Bonchev–Trinajstić information content (AvgIpc) is 1.66. The van der Waals surface area contributed by atoms with Crippen molar-refractivity contribution < 1.29 is 53.1 Å². The minimum Gasteiger partial charge on any atom is -0.384 e. The van der Waals surface area contributed by atoms with E-state index in [1.54, 1.807) is 19.6 Å². The summed E-state index contributed by atoms with van der Waals surface area (Å²) in [5.74, 6) is -0.0449. The summed E-state index contributed by atoms with van der Waals surface area (Å²) in [6.07, 6.45) is 1.70. The highest BCUT2D eigenvalue weighted by molar-refractivity contribution is 5.99. The highest BCUT2D eigenvalue weighted by Gasteiger charge is 2.41. The van der Waals surface area contributed by atoms with Gasteiger partial charge in [-0.15, -0.1) is 0 Å². The van der Waals surface area contributed by atoms with Crippen LogP contribution in [0.5, 0.6) is 0 Å². The second-order valence-corrected chi connectivity index (χ2v) is 37.0. The molecule has 0 spiro atoms. The van der Waals surface area contributed by atoms with Crippen molar-refractivity contribution in [1.29, 1.82) is 0 Å². The molecular formula is C92H128N14O11. The SMILES string of the molecule is CC(=O)CCC(=O)N1CCN(C(=O)c2cccc3c2CN(C(C)(C)C)C3)CC1.CC(=O)N1CCCC1C(=O)N1CCN(C(=O)c2cccc3c2CN(C(C)(C)C)C3)CC1.CC(C)(C)N1Cc2cccc(C(=O)N3CCN(C(=O)C(N)Cc4ccccc4)CC3)c2C1.CC(O)C(=O)N1CCN(C(=O)c2cccc3c2CN(C(C)(C)C)C3)CC1. The number of amides is 9. The van der Waals surface area contributed by atoms with Crippen molar-refractivity contribution >= 4 is 58.9 Å². The number of benzene rings is 5. The first-order valence-electron chi connectivity index (χ1n) is 42.2. The van der Waals surface area contributed by atoms with Crippen molar-refractivity contribution in [2.75, 3.05) is 111 Å². The molecule has 5 aromatic carbocycles. The zero-order chi connectivity index (χ0) is 84.8. The second-order valence-electron chi connectivity index (χ2n) is 37.0. The van der Waals surface area contributed by atoms with Crippen LogP contribution in [-0.4, -0.2) is 279 Å². The van der Waals surface area contributed by atoms with Crippen LogP contribution < -0.4 is 5.73 Å².